The number of pyridine rings is 1. The van der Waals surface area contributed by atoms with Crippen LogP contribution < -0.4 is 20.1 Å². The molecular formula is C18H24N4O2. The molecule has 0 saturated heterocycles. The van der Waals surface area contributed by atoms with Gasteiger partial charge < -0.3 is 20.1 Å². The van der Waals surface area contributed by atoms with Crippen molar-refractivity contribution in [3.05, 3.63) is 54.4 Å². The van der Waals surface area contributed by atoms with Gasteiger partial charge in [-0.25, -0.2) is 0 Å². The van der Waals surface area contributed by atoms with Gasteiger partial charge >= 0.3 is 0 Å². The van der Waals surface area contributed by atoms with Crippen molar-refractivity contribution >= 4 is 5.96 Å². The van der Waals surface area contributed by atoms with Gasteiger partial charge in [-0.3, -0.25) is 9.98 Å². The van der Waals surface area contributed by atoms with E-state index in [1.165, 1.54) is 0 Å². The highest BCUT2D eigenvalue weighted by Gasteiger charge is 2.00. The SMILES string of the molecule is CN=C(NCCOc1cccc(OC)c1)NCCc1ccccn1. The Morgan fingerprint density at radius 1 is 1.08 bits per heavy atom. The number of methoxy groups -OCH3 is 1. The van der Waals surface area contributed by atoms with Crippen LogP contribution in [0, 0.1) is 0 Å². The van der Waals surface area contributed by atoms with Crippen LogP contribution in [0.4, 0.5) is 0 Å². The normalized spacial score (nSPS) is 11.0. The van der Waals surface area contributed by atoms with Gasteiger partial charge in [0.05, 0.1) is 13.7 Å². The molecule has 2 N–H and O–H groups in total. The van der Waals surface area contributed by atoms with Gasteiger partial charge in [0.15, 0.2) is 5.96 Å². The second-order valence-corrected chi connectivity index (χ2v) is 5.02. The Hall–Kier alpha value is -2.76. The lowest BCUT2D eigenvalue weighted by atomic mass is 10.3. The average Bonchev–Trinajstić information content (AvgIpc) is 2.64. The van der Waals surface area contributed by atoms with E-state index in [1.54, 1.807) is 20.4 Å². The number of hydrogen-bond acceptors (Lipinski definition) is 4. The molecule has 2 aromatic rings. The largest absolute Gasteiger partial charge is 0.497 e. The molecule has 0 saturated carbocycles. The molecule has 6 heteroatoms. The van der Waals surface area contributed by atoms with Crippen LogP contribution >= 0.6 is 0 Å². The van der Waals surface area contributed by atoms with E-state index >= 15 is 0 Å². The van der Waals surface area contributed by atoms with Crippen LogP contribution in [-0.2, 0) is 6.42 Å². The van der Waals surface area contributed by atoms with Crippen molar-refractivity contribution in [1.82, 2.24) is 15.6 Å². The van der Waals surface area contributed by atoms with Crippen LogP contribution in [0.1, 0.15) is 5.69 Å². The summed E-state index contributed by atoms with van der Waals surface area (Å²) in [4.78, 5) is 8.48. The van der Waals surface area contributed by atoms with Gasteiger partial charge in [0.1, 0.15) is 18.1 Å². The van der Waals surface area contributed by atoms with Crippen LogP contribution in [0.3, 0.4) is 0 Å². The smallest absolute Gasteiger partial charge is 0.191 e. The molecular weight excluding hydrogens is 304 g/mol. The summed E-state index contributed by atoms with van der Waals surface area (Å²) in [6.07, 6.45) is 2.65. The third kappa shape index (κ3) is 6.16. The zero-order chi connectivity index (χ0) is 17.0. The molecule has 0 amide bonds. The monoisotopic (exact) mass is 328 g/mol. The number of aliphatic imine (C=N–C) groups is 1. The van der Waals surface area contributed by atoms with E-state index in [1.807, 2.05) is 42.5 Å². The Morgan fingerprint density at radius 2 is 1.92 bits per heavy atom. The van der Waals surface area contributed by atoms with E-state index in [4.69, 9.17) is 9.47 Å². The second-order valence-electron chi connectivity index (χ2n) is 5.02. The van der Waals surface area contributed by atoms with Gasteiger partial charge in [-0.15, -0.1) is 0 Å². The fraction of sp³-hybridized carbons (Fsp3) is 0.333. The Labute approximate surface area is 142 Å². The number of benzene rings is 1. The molecule has 0 unspecified atom stereocenters. The Kier molecular flexibility index (Phi) is 7.40. The van der Waals surface area contributed by atoms with Crippen LogP contribution in [0.5, 0.6) is 11.5 Å². The molecule has 0 atom stereocenters. The van der Waals surface area contributed by atoms with Crippen molar-refractivity contribution in [2.45, 2.75) is 6.42 Å². The van der Waals surface area contributed by atoms with Gasteiger partial charge in [0.2, 0.25) is 0 Å². The lowest BCUT2D eigenvalue weighted by Crippen LogP contribution is -2.40. The van der Waals surface area contributed by atoms with Gasteiger partial charge in [0.25, 0.3) is 0 Å². The van der Waals surface area contributed by atoms with Crippen LogP contribution in [0.2, 0.25) is 0 Å². The van der Waals surface area contributed by atoms with Crippen LogP contribution in [0.15, 0.2) is 53.7 Å². The number of aromatic nitrogens is 1. The maximum absolute atomic E-state index is 5.68. The van der Waals surface area contributed by atoms with Gasteiger partial charge in [-0.2, -0.15) is 0 Å². The summed E-state index contributed by atoms with van der Waals surface area (Å²) in [5.74, 6) is 2.32. The molecule has 0 spiro atoms. The van der Waals surface area contributed by atoms with Crippen LogP contribution in [-0.4, -0.2) is 44.8 Å². The van der Waals surface area contributed by atoms with Crippen LogP contribution in [0.25, 0.3) is 0 Å². The quantitative estimate of drug-likeness (QED) is 0.440. The van der Waals surface area contributed by atoms with Gasteiger partial charge in [0, 0.05) is 38.0 Å². The maximum Gasteiger partial charge on any atom is 0.191 e. The number of ether oxygens (including phenoxy) is 2. The Morgan fingerprint density at radius 3 is 2.67 bits per heavy atom. The highest BCUT2D eigenvalue weighted by Crippen LogP contribution is 2.18. The van der Waals surface area contributed by atoms with Crippen molar-refractivity contribution in [3.63, 3.8) is 0 Å². The maximum atomic E-state index is 5.68. The van der Waals surface area contributed by atoms with Crippen molar-refractivity contribution < 1.29 is 9.47 Å². The minimum absolute atomic E-state index is 0.536. The molecule has 0 aliphatic heterocycles. The number of hydrogen-bond donors (Lipinski definition) is 2. The van der Waals surface area contributed by atoms with E-state index < -0.39 is 0 Å². The highest BCUT2D eigenvalue weighted by molar-refractivity contribution is 5.79. The minimum atomic E-state index is 0.536. The minimum Gasteiger partial charge on any atom is -0.497 e. The first kappa shape index (κ1) is 17.6. The molecule has 2 rings (SSSR count). The fourth-order valence-corrected chi connectivity index (χ4v) is 2.10. The van der Waals surface area contributed by atoms with Crippen molar-refractivity contribution in [1.29, 1.82) is 0 Å². The summed E-state index contributed by atoms with van der Waals surface area (Å²) in [6.45, 7) is 1.96. The van der Waals surface area contributed by atoms with E-state index in [9.17, 15) is 0 Å². The Balaban J connectivity index is 1.64. The summed E-state index contributed by atoms with van der Waals surface area (Å²) in [5.41, 5.74) is 1.06. The molecule has 128 valence electrons. The molecule has 0 aliphatic rings. The van der Waals surface area contributed by atoms with Crippen molar-refractivity contribution in [2.24, 2.45) is 4.99 Å². The molecule has 0 aliphatic carbocycles. The average molecular weight is 328 g/mol. The van der Waals surface area contributed by atoms with Gasteiger partial charge in [-0.1, -0.05) is 12.1 Å². The third-order valence-electron chi connectivity index (χ3n) is 3.33. The molecule has 0 fully saturated rings. The summed E-state index contributed by atoms with van der Waals surface area (Å²) in [5, 5.41) is 6.47. The molecule has 6 nitrogen and oxygen atoms in total. The summed E-state index contributed by atoms with van der Waals surface area (Å²) >= 11 is 0. The lowest BCUT2D eigenvalue weighted by Gasteiger charge is -2.12. The molecule has 1 heterocycles. The van der Waals surface area contributed by atoms with E-state index in [-0.39, 0.29) is 0 Å². The predicted octanol–water partition coefficient (Wildman–Crippen LogP) is 1.88. The lowest BCUT2D eigenvalue weighted by molar-refractivity contribution is 0.319. The Bertz CT molecular complexity index is 632. The topological polar surface area (TPSA) is 67.8 Å². The molecule has 0 bridgehead atoms. The fourth-order valence-electron chi connectivity index (χ4n) is 2.10. The second kappa shape index (κ2) is 10.1. The van der Waals surface area contributed by atoms with E-state index in [2.05, 4.69) is 20.6 Å². The highest BCUT2D eigenvalue weighted by atomic mass is 16.5. The van der Waals surface area contributed by atoms with Crippen molar-refractivity contribution in [3.8, 4) is 11.5 Å². The first-order valence-corrected chi connectivity index (χ1v) is 7.93. The molecule has 1 aromatic heterocycles. The number of rotatable bonds is 8. The summed E-state index contributed by atoms with van der Waals surface area (Å²) in [6, 6.07) is 13.5. The summed E-state index contributed by atoms with van der Waals surface area (Å²) in [7, 11) is 3.39. The predicted molar refractivity (Wildman–Crippen MR) is 95.8 cm³/mol. The first-order chi connectivity index (χ1) is 11.8. The summed E-state index contributed by atoms with van der Waals surface area (Å²) < 4.78 is 10.8. The first-order valence-electron chi connectivity index (χ1n) is 7.93. The number of nitrogens with zero attached hydrogens (tertiary/aromatic N) is 2. The zero-order valence-electron chi connectivity index (χ0n) is 14.2. The van der Waals surface area contributed by atoms with E-state index in [0.717, 1.165) is 36.1 Å². The zero-order valence-corrected chi connectivity index (χ0v) is 14.2. The van der Waals surface area contributed by atoms with Gasteiger partial charge in [-0.05, 0) is 24.3 Å². The van der Waals surface area contributed by atoms with E-state index in [0.29, 0.717) is 13.2 Å². The molecule has 24 heavy (non-hydrogen) atoms. The molecule has 1 aromatic carbocycles. The molecule has 0 radical (unpaired) electrons. The standard InChI is InChI=1S/C18H24N4O2/c1-19-18(21-11-9-15-6-3-4-10-20-15)22-12-13-24-17-8-5-7-16(14-17)23-2/h3-8,10,14H,9,11-13H2,1-2H3,(H2,19,21,22). The third-order valence-corrected chi connectivity index (χ3v) is 3.33. The number of nitrogens with one attached hydrogen (secondary N) is 2. The number of guanidine groups is 1. The van der Waals surface area contributed by atoms with Crippen molar-refractivity contribution in [2.75, 3.05) is 33.9 Å².